The van der Waals surface area contributed by atoms with E-state index in [1.807, 2.05) is 6.08 Å². The van der Waals surface area contributed by atoms with E-state index in [1.165, 1.54) is 27.5 Å². The quantitative estimate of drug-likeness (QED) is 0.726. The van der Waals surface area contributed by atoms with E-state index in [1.54, 1.807) is 0 Å². The number of benzene rings is 2. The summed E-state index contributed by atoms with van der Waals surface area (Å²) in [5, 5.41) is 2.75. The van der Waals surface area contributed by atoms with Crippen molar-refractivity contribution in [3.8, 4) is 0 Å². The van der Waals surface area contributed by atoms with Crippen LogP contribution in [0.4, 0.5) is 0 Å². The van der Waals surface area contributed by atoms with Gasteiger partial charge >= 0.3 is 0 Å². The zero-order chi connectivity index (χ0) is 11.7. The van der Waals surface area contributed by atoms with Crippen LogP contribution in [-0.4, -0.2) is 6.29 Å². The van der Waals surface area contributed by atoms with Crippen LogP contribution in [-0.2, 0) is 17.6 Å². The fraction of sp³-hybridized carbons (Fsp3) is 0.188. The van der Waals surface area contributed by atoms with E-state index in [0.717, 1.165) is 19.1 Å². The Hall–Kier alpha value is -1.89. The number of allylic oxidation sites excluding steroid dienone is 1. The molecule has 1 nitrogen and oxygen atoms in total. The largest absolute Gasteiger partial charge is 0.303 e. The lowest BCUT2D eigenvalue weighted by Crippen LogP contribution is -1.82. The number of carbonyl (C=O) groups is 1. The SMILES string of the molecule is O=CCC=Cc1ccc2c3c(cccc13)CC2. The van der Waals surface area contributed by atoms with Crippen LogP contribution in [0, 0.1) is 0 Å². The van der Waals surface area contributed by atoms with Crippen molar-refractivity contribution in [3.05, 3.63) is 53.1 Å². The van der Waals surface area contributed by atoms with Crippen LogP contribution in [0.3, 0.4) is 0 Å². The van der Waals surface area contributed by atoms with Gasteiger partial charge in [0.25, 0.3) is 0 Å². The molecule has 17 heavy (non-hydrogen) atoms. The molecule has 0 spiro atoms. The molecule has 0 unspecified atom stereocenters. The Labute approximate surface area is 101 Å². The first-order valence-electron chi connectivity index (χ1n) is 6.04. The Morgan fingerprint density at radius 2 is 1.88 bits per heavy atom. The molecule has 0 saturated heterocycles. The molecule has 0 amide bonds. The van der Waals surface area contributed by atoms with Crippen LogP contribution in [0.25, 0.3) is 16.8 Å². The van der Waals surface area contributed by atoms with Gasteiger partial charge in [0.2, 0.25) is 0 Å². The topological polar surface area (TPSA) is 17.1 Å². The molecule has 0 N–H and O–H groups in total. The maximum Gasteiger partial charge on any atom is 0.123 e. The van der Waals surface area contributed by atoms with Gasteiger partial charge in [0.1, 0.15) is 6.29 Å². The Balaban J connectivity index is 2.18. The molecular formula is C16H14O. The summed E-state index contributed by atoms with van der Waals surface area (Å²) in [6.07, 6.45) is 7.71. The standard InChI is InChI=1S/C16H14O/c17-11-2-1-4-12-7-8-14-10-9-13-5-3-6-15(12)16(13)14/h1,3-8,11H,2,9-10H2. The van der Waals surface area contributed by atoms with Gasteiger partial charge in [-0.3, -0.25) is 0 Å². The second-order valence-electron chi connectivity index (χ2n) is 4.46. The lowest BCUT2D eigenvalue weighted by molar-refractivity contribution is -0.107. The van der Waals surface area contributed by atoms with Gasteiger partial charge in [-0.25, -0.2) is 0 Å². The first kappa shape index (κ1) is 10.3. The van der Waals surface area contributed by atoms with Crippen molar-refractivity contribution in [1.29, 1.82) is 0 Å². The molecule has 3 rings (SSSR count). The Morgan fingerprint density at radius 1 is 1.06 bits per heavy atom. The van der Waals surface area contributed by atoms with Gasteiger partial charge in [0.15, 0.2) is 0 Å². The highest BCUT2D eigenvalue weighted by molar-refractivity contribution is 5.96. The van der Waals surface area contributed by atoms with Gasteiger partial charge in [-0.15, -0.1) is 0 Å². The smallest absolute Gasteiger partial charge is 0.123 e. The van der Waals surface area contributed by atoms with E-state index >= 15 is 0 Å². The lowest BCUT2D eigenvalue weighted by Gasteiger charge is -2.05. The molecule has 1 aliphatic carbocycles. The highest BCUT2D eigenvalue weighted by Crippen LogP contribution is 2.33. The van der Waals surface area contributed by atoms with Gasteiger partial charge in [0.05, 0.1) is 0 Å². The van der Waals surface area contributed by atoms with Gasteiger partial charge in [0, 0.05) is 6.42 Å². The van der Waals surface area contributed by atoms with Gasteiger partial charge in [-0.2, -0.15) is 0 Å². The minimum absolute atomic E-state index is 0.489. The lowest BCUT2D eigenvalue weighted by atomic mass is 9.99. The normalized spacial score (nSPS) is 13.6. The highest BCUT2D eigenvalue weighted by atomic mass is 16.1. The van der Waals surface area contributed by atoms with E-state index in [0.29, 0.717) is 6.42 Å². The second-order valence-corrected chi connectivity index (χ2v) is 4.46. The van der Waals surface area contributed by atoms with Crippen molar-refractivity contribution in [3.63, 3.8) is 0 Å². The Bertz CT molecular complexity index is 598. The van der Waals surface area contributed by atoms with Crippen molar-refractivity contribution >= 4 is 23.1 Å². The van der Waals surface area contributed by atoms with Crippen LogP contribution < -0.4 is 0 Å². The summed E-state index contributed by atoms with van der Waals surface area (Å²) in [4.78, 5) is 10.3. The second kappa shape index (κ2) is 4.17. The molecule has 84 valence electrons. The van der Waals surface area contributed by atoms with Crippen molar-refractivity contribution < 1.29 is 4.79 Å². The summed E-state index contributed by atoms with van der Waals surface area (Å²) in [7, 11) is 0. The first-order chi connectivity index (χ1) is 8.40. The molecule has 0 saturated carbocycles. The zero-order valence-electron chi connectivity index (χ0n) is 9.65. The number of hydrogen-bond acceptors (Lipinski definition) is 1. The van der Waals surface area contributed by atoms with E-state index < -0.39 is 0 Å². The molecule has 0 radical (unpaired) electrons. The van der Waals surface area contributed by atoms with Crippen LogP contribution >= 0.6 is 0 Å². The number of rotatable bonds is 3. The van der Waals surface area contributed by atoms with Crippen LogP contribution in [0.15, 0.2) is 36.4 Å². The molecule has 2 aromatic rings. The first-order valence-corrected chi connectivity index (χ1v) is 6.04. The van der Waals surface area contributed by atoms with Gasteiger partial charge in [-0.1, -0.05) is 42.5 Å². The number of aryl methyl sites for hydroxylation is 2. The minimum Gasteiger partial charge on any atom is -0.303 e. The monoisotopic (exact) mass is 222 g/mol. The molecule has 0 aromatic heterocycles. The molecule has 0 aliphatic heterocycles. The van der Waals surface area contributed by atoms with Crippen molar-refractivity contribution in [2.24, 2.45) is 0 Å². The average molecular weight is 222 g/mol. The maximum atomic E-state index is 10.3. The third-order valence-electron chi connectivity index (χ3n) is 3.44. The van der Waals surface area contributed by atoms with E-state index in [4.69, 9.17) is 0 Å². The number of hydrogen-bond donors (Lipinski definition) is 0. The predicted octanol–water partition coefficient (Wildman–Crippen LogP) is 3.54. The maximum absolute atomic E-state index is 10.3. The number of aldehydes is 1. The Kier molecular flexibility index (Phi) is 2.52. The molecule has 0 heterocycles. The summed E-state index contributed by atoms with van der Waals surface area (Å²) < 4.78 is 0. The summed E-state index contributed by atoms with van der Waals surface area (Å²) in [5.74, 6) is 0. The zero-order valence-corrected chi connectivity index (χ0v) is 9.65. The van der Waals surface area contributed by atoms with Crippen molar-refractivity contribution in [1.82, 2.24) is 0 Å². The van der Waals surface area contributed by atoms with Crippen molar-refractivity contribution in [2.75, 3.05) is 0 Å². The van der Waals surface area contributed by atoms with Crippen LogP contribution in [0.5, 0.6) is 0 Å². The summed E-state index contributed by atoms with van der Waals surface area (Å²) in [6.45, 7) is 0. The highest BCUT2D eigenvalue weighted by Gasteiger charge is 2.14. The van der Waals surface area contributed by atoms with Crippen molar-refractivity contribution in [2.45, 2.75) is 19.3 Å². The van der Waals surface area contributed by atoms with Crippen LogP contribution in [0.1, 0.15) is 23.1 Å². The molecule has 2 aromatic carbocycles. The minimum atomic E-state index is 0.489. The molecule has 1 aliphatic rings. The van der Waals surface area contributed by atoms with E-state index in [2.05, 4.69) is 36.4 Å². The molecule has 1 heteroatoms. The third kappa shape index (κ3) is 1.68. The molecule has 0 atom stereocenters. The molecule has 0 fully saturated rings. The summed E-state index contributed by atoms with van der Waals surface area (Å²) >= 11 is 0. The summed E-state index contributed by atoms with van der Waals surface area (Å²) in [5.41, 5.74) is 4.14. The fourth-order valence-corrected chi connectivity index (χ4v) is 2.67. The van der Waals surface area contributed by atoms with Gasteiger partial charge in [-0.05, 0) is 40.3 Å². The Morgan fingerprint density at radius 3 is 2.71 bits per heavy atom. The fourth-order valence-electron chi connectivity index (χ4n) is 2.67. The summed E-state index contributed by atoms with van der Waals surface area (Å²) in [6, 6.07) is 10.9. The van der Waals surface area contributed by atoms with E-state index in [9.17, 15) is 4.79 Å². The van der Waals surface area contributed by atoms with Gasteiger partial charge < -0.3 is 4.79 Å². The number of carbonyl (C=O) groups excluding carboxylic acids is 1. The van der Waals surface area contributed by atoms with Crippen LogP contribution in [0.2, 0.25) is 0 Å². The molecule has 0 bridgehead atoms. The molecular weight excluding hydrogens is 208 g/mol. The third-order valence-corrected chi connectivity index (χ3v) is 3.44. The predicted molar refractivity (Wildman–Crippen MR) is 71.1 cm³/mol. The van der Waals surface area contributed by atoms with E-state index in [-0.39, 0.29) is 0 Å². The average Bonchev–Trinajstić information content (AvgIpc) is 2.78.